The molecule has 0 fully saturated rings. The highest BCUT2D eigenvalue weighted by Gasteiger charge is 2.25. The molecule has 0 bridgehead atoms. The number of aromatic nitrogens is 2. The van der Waals surface area contributed by atoms with Crippen molar-refractivity contribution in [1.82, 2.24) is 9.97 Å². The average molecular weight is 326 g/mol. The van der Waals surface area contributed by atoms with Gasteiger partial charge in [-0.05, 0) is 12.1 Å². The molecule has 2 N–H and O–H groups in total. The first-order chi connectivity index (χ1) is 11.0. The lowest BCUT2D eigenvalue weighted by molar-refractivity contribution is 0.450. The predicted molar refractivity (Wildman–Crippen MR) is 86.0 cm³/mol. The van der Waals surface area contributed by atoms with Crippen LogP contribution in [0.25, 0.3) is 32.8 Å². The van der Waals surface area contributed by atoms with Gasteiger partial charge in [-0.15, -0.1) is 0 Å². The number of hydrogen-bond donors (Lipinski definition) is 2. The molecule has 0 radical (unpaired) electrons. The van der Waals surface area contributed by atoms with Crippen LogP contribution in [0.3, 0.4) is 0 Å². The Morgan fingerprint density at radius 1 is 0.783 bits per heavy atom. The SMILES string of the molecule is O=S(=O)(O)c1c(O)c2ccccc2c2nc3ccccc3nc12. The number of fused-ring (bicyclic) bond motifs is 4. The maximum Gasteiger partial charge on any atom is 0.300 e. The van der Waals surface area contributed by atoms with Crippen LogP contribution in [-0.2, 0) is 10.1 Å². The molecule has 4 rings (SSSR count). The molecule has 0 spiro atoms. The second kappa shape index (κ2) is 4.61. The number of hydrogen-bond acceptors (Lipinski definition) is 5. The Morgan fingerprint density at radius 2 is 1.30 bits per heavy atom. The van der Waals surface area contributed by atoms with Crippen molar-refractivity contribution in [3.63, 3.8) is 0 Å². The molecule has 0 unspecified atom stereocenters. The highest BCUT2D eigenvalue weighted by atomic mass is 32.2. The lowest BCUT2D eigenvalue weighted by atomic mass is 10.1. The van der Waals surface area contributed by atoms with Crippen molar-refractivity contribution < 1.29 is 18.1 Å². The minimum atomic E-state index is -4.67. The third-order valence-corrected chi connectivity index (χ3v) is 4.60. The van der Waals surface area contributed by atoms with Gasteiger partial charge in [-0.2, -0.15) is 8.42 Å². The third-order valence-electron chi connectivity index (χ3n) is 3.70. The highest BCUT2D eigenvalue weighted by molar-refractivity contribution is 7.86. The molecule has 0 saturated heterocycles. The quantitative estimate of drug-likeness (QED) is 0.317. The van der Waals surface area contributed by atoms with Crippen molar-refractivity contribution >= 4 is 43.0 Å². The zero-order valence-electron chi connectivity index (χ0n) is 11.6. The van der Waals surface area contributed by atoms with E-state index in [9.17, 15) is 18.1 Å². The minimum absolute atomic E-state index is 0.0533. The molecular weight excluding hydrogens is 316 g/mol. The standard InChI is InChI=1S/C16H10N2O4S/c19-15-10-6-2-1-5-9(10)13-14(16(15)23(20,21)22)18-12-8-4-3-7-11(12)17-13/h1-8,19H,(H,20,21,22). The summed E-state index contributed by atoms with van der Waals surface area (Å²) in [5.41, 5.74) is 1.32. The van der Waals surface area contributed by atoms with Gasteiger partial charge in [0.1, 0.15) is 11.3 Å². The fourth-order valence-electron chi connectivity index (χ4n) is 2.72. The third kappa shape index (κ3) is 2.01. The van der Waals surface area contributed by atoms with Gasteiger partial charge in [0, 0.05) is 10.8 Å². The van der Waals surface area contributed by atoms with Gasteiger partial charge >= 0.3 is 10.1 Å². The Bertz CT molecular complexity index is 1200. The van der Waals surface area contributed by atoms with Gasteiger partial charge in [-0.25, -0.2) is 9.97 Å². The van der Waals surface area contributed by atoms with Gasteiger partial charge in [-0.3, -0.25) is 4.55 Å². The van der Waals surface area contributed by atoms with E-state index >= 15 is 0 Å². The largest absolute Gasteiger partial charge is 0.506 e. The lowest BCUT2D eigenvalue weighted by Crippen LogP contribution is -2.03. The van der Waals surface area contributed by atoms with Gasteiger partial charge in [0.2, 0.25) is 0 Å². The summed E-state index contributed by atoms with van der Waals surface area (Å²) < 4.78 is 33.1. The Labute approximate surface area is 130 Å². The van der Waals surface area contributed by atoms with Crippen molar-refractivity contribution in [1.29, 1.82) is 0 Å². The molecule has 114 valence electrons. The molecule has 23 heavy (non-hydrogen) atoms. The van der Waals surface area contributed by atoms with E-state index in [1.807, 2.05) is 0 Å². The molecule has 4 aromatic rings. The molecule has 0 amide bonds. The second-order valence-corrected chi connectivity index (χ2v) is 6.47. The van der Waals surface area contributed by atoms with Crippen LogP contribution in [0.15, 0.2) is 53.4 Å². The summed E-state index contributed by atoms with van der Waals surface area (Å²) in [5, 5.41) is 11.2. The van der Waals surface area contributed by atoms with Crippen molar-refractivity contribution in [3.05, 3.63) is 48.5 Å². The maximum atomic E-state index is 11.8. The van der Waals surface area contributed by atoms with Crippen molar-refractivity contribution in [2.24, 2.45) is 0 Å². The van der Waals surface area contributed by atoms with E-state index in [0.717, 1.165) is 0 Å². The van der Waals surface area contributed by atoms with E-state index < -0.39 is 20.8 Å². The number of benzene rings is 3. The number of rotatable bonds is 1. The van der Waals surface area contributed by atoms with Crippen LogP contribution in [0.1, 0.15) is 0 Å². The van der Waals surface area contributed by atoms with Gasteiger partial charge in [0.25, 0.3) is 0 Å². The molecule has 0 atom stereocenters. The lowest BCUT2D eigenvalue weighted by Gasteiger charge is -2.11. The van der Waals surface area contributed by atoms with Gasteiger partial charge < -0.3 is 5.11 Å². The smallest absolute Gasteiger partial charge is 0.300 e. The number of nitrogens with zero attached hydrogens (tertiary/aromatic N) is 2. The van der Waals surface area contributed by atoms with Crippen molar-refractivity contribution in [3.8, 4) is 5.75 Å². The first kappa shape index (κ1) is 13.9. The summed E-state index contributed by atoms with van der Waals surface area (Å²) in [6.07, 6.45) is 0. The van der Waals surface area contributed by atoms with Crippen LogP contribution >= 0.6 is 0 Å². The molecule has 1 aromatic heterocycles. The molecule has 0 saturated carbocycles. The zero-order valence-corrected chi connectivity index (χ0v) is 12.4. The van der Waals surface area contributed by atoms with Gasteiger partial charge in [0.15, 0.2) is 4.90 Å². The Hall–Kier alpha value is -2.77. The van der Waals surface area contributed by atoms with Crippen molar-refractivity contribution in [2.75, 3.05) is 0 Å². The normalized spacial score (nSPS) is 12.2. The Kier molecular flexibility index (Phi) is 2.78. The van der Waals surface area contributed by atoms with E-state index in [0.29, 0.717) is 21.9 Å². The van der Waals surface area contributed by atoms with E-state index in [-0.39, 0.29) is 10.9 Å². The number of para-hydroxylation sites is 2. The van der Waals surface area contributed by atoms with Gasteiger partial charge in [-0.1, -0.05) is 36.4 Å². The van der Waals surface area contributed by atoms with Crippen LogP contribution in [0.2, 0.25) is 0 Å². The molecule has 0 aliphatic heterocycles. The topological polar surface area (TPSA) is 100 Å². The Morgan fingerprint density at radius 3 is 1.91 bits per heavy atom. The number of phenolic OH excluding ortho intramolecular Hbond substituents is 1. The molecule has 7 heteroatoms. The van der Waals surface area contributed by atoms with Crippen LogP contribution < -0.4 is 0 Å². The van der Waals surface area contributed by atoms with E-state index in [1.54, 1.807) is 48.5 Å². The van der Waals surface area contributed by atoms with Crippen LogP contribution in [0, 0.1) is 0 Å². The summed E-state index contributed by atoms with van der Waals surface area (Å²) >= 11 is 0. The van der Waals surface area contributed by atoms with Gasteiger partial charge in [0.05, 0.1) is 16.6 Å². The molecule has 0 aliphatic carbocycles. The minimum Gasteiger partial charge on any atom is -0.506 e. The zero-order chi connectivity index (χ0) is 16.2. The number of aromatic hydroxyl groups is 1. The molecule has 6 nitrogen and oxygen atoms in total. The average Bonchev–Trinajstić information content (AvgIpc) is 2.52. The maximum absolute atomic E-state index is 11.8. The fraction of sp³-hybridized carbons (Fsp3) is 0. The molecular formula is C16H10N2O4S. The van der Waals surface area contributed by atoms with E-state index in [4.69, 9.17) is 0 Å². The Balaban J connectivity index is 2.38. The first-order valence-corrected chi connectivity index (χ1v) is 8.18. The summed E-state index contributed by atoms with van der Waals surface area (Å²) in [4.78, 5) is 8.14. The summed E-state index contributed by atoms with van der Waals surface area (Å²) in [7, 11) is -4.67. The first-order valence-electron chi connectivity index (χ1n) is 6.74. The molecule has 3 aromatic carbocycles. The summed E-state index contributed by atoms with van der Waals surface area (Å²) in [5.74, 6) is -0.528. The monoisotopic (exact) mass is 326 g/mol. The molecule has 1 heterocycles. The van der Waals surface area contributed by atoms with E-state index in [2.05, 4.69) is 9.97 Å². The highest BCUT2D eigenvalue weighted by Crippen LogP contribution is 2.38. The summed E-state index contributed by atoms with van der Waals surface area (Å²) in [6, 6.07) is 13.7. The van der Waals surface area contributed by atoms with Crippen LogP contribution in [0.5, 0.6) is 5.75 Å². The second-order valence-electron chi connectivity index (χ2n) is 5.11. The van der Waals surface area contributed by atoms with Crippen molar-refractivity contribution in [2.45, 2.75) is 4.90 Å². The summed E-state index contributed by atoms with van der Waals surface area (Å²) in [6.45, 7) is 0. The predicted octanol–water partition coefficient (Wildman–Crippen LogP) is 2.89. The number of phenols is 1. The van der Waals surface area contributed by atoms with E-state index in [1.165, 1.54) is 0 Å². The fourth-order valence-corrected chi connectivity index (χ4v) is 3.46. The molecule has 0 aliphatic rings. The van der Waals surface area contributed by atoms with Crippen LogP contribution in [0.4, 0.5) is 0 Å². The van der Waals surface area contributed by atoms with Crippen LogP contribution in [-0.4, -0.2) is 28.0 Å².